The normalized spacial score (nSPS) is 12.6. The van der Waals surface area contributed by atoms with Gasteiger partial charge in [-0.15, -0.1) is 0 Å². The molecule has 0 fully saturated rings. The number of halogens is 1. The summed E-state index contributed by atoms with van der Waals surface area (Å²) < 4.78 is 11.0. The van der Waals surface area contributed by atoms with Gasteiger partial charge >= 0.3 is 0 Å². The summed E-state index contributed by atoms with van der Waals surface area (Å²) in [6, 6.07) is 4.99. The van der Waals surface area contributed by atoms with Crippen LogP contribution < -0.4 is 5.06 Å². The van der Waals surface area contributed by atoms with Crippen LogP contribution in [0.25, 0.3) is 0 Å². The van der Waals surface area contributed by atoms with E-state index in [0.29, 0.717) is 16.5 Å². The molecule has 1 atom stereocenters. The van der Waals surface area contributed by atoms with Crippen molar-refractivity contribution in [2.45, 2.75) is 5.75 Å². The van der Waals surface area contributed by atoms with Crippen LogP contribution in [0.4, 0.5) is 5.69 Å². The predicted octanol–water partition coefficient (Wildman–Crippen LogP) is 2.15. The van der Waals surface area contributed by atoms with Gasteiger partial charge in [0.2, 0.25) is 0 Å². The third kappa shape index (κ3) is 3.29. The maximum absolute atomic E-state index is 11.0. The van der Waals surface area contributed by atoms with Crippen molar-refractivity contribution in [3.63, 3.8) is 0 Å². The van der Waals surface area contributed by atoms with Crippen molar-refractivity contribution in [3.05, 3.63) is 34.0 Å². The van der Waals surface area contributed by atoms with Crippen LogP contribution in [0.2, 0.25) is 5.02 Å². The predicted molar refractivity (Wildman–Crippen MR) is 61.0 cm³/mol. The first kappa shape index (κ1) is 11.5. The Morgan fingerprint density at radius 1 is 1.50 bits per heavy atom. The van der Waals surface area contributed by atoms with Gasteiger partial charge in [0.15, 0.2) is 0 Å². The van der Waals surface area contributed by atoms with Gasteiger partial charge in [-0.3, -0.25) is 4.21 Å². The van der Waals surface area contributed by atoms with E-state index in [9.17, 15) is 9.42 Å². The highest BCUT2D eigenvalue weighted by atomic mass is 35.5. The van der Waals surface area contributed by atoms with Crippen molar-refractivity contribution >= 4 is 28.1 Å². The van der Waals surface area contributed by atoms with Gasteiger partial charge in [-0.2, -0.15) is 0 Å². The minimum Gasteiger partial charge on any atom is -0.758 e. The number of hydrogen-bond donors (Lipinski definition) is 0. The fourth-order valence-corrected chi connectivity index (χ4v) is 2.02. The van der Waals surface area contributed by atoms with Gasteiger partial charge < -0.3 is 10.3 Å². The largest absolute Gasteiger partial charge is 0.758 e. The van der Waals surface area contributed by atoms with Crippen molar-refractivity contribution in [2.75, 3.05) is 18.4 Å². The average Bonchev–Trinajstić information content (AvgIpc) is 2.01. The molecule has 0 bridgehead atoms. The van der Waals surface area contributed by atoms with Gasteiger partial charge in [0.25, 0.3) is 0 Å². The van der Waals surface area contributed by atoms with E-state index < -0.39 is 10.8 Å². The van der Waals surface area contributed by atoms with Gasteiger partial charge in [0.1, 0.15) is 0 Å². The lowest BCUT2D eigenvalue weighted by atomic mass is 10.2. The lowest BCUT2D eigenvalue weighted by molar-refractivity contribution is 0.686. The Bertz CT molecular complexity index is 355. The molecule has 78 valence electrons. The van der Waals surface area contributed by atoms with Crippen molar-refractivity contribution in [1.29, 1.82) is 0 Å². The van der Waals surface area contributed by atoms with Crippen LogP contribution >= 0.6 is 11.6 Å². The molecule has 1 aromatic rings. The topological polar surface area (TPSA) is 43.4 Å². The second-order valence-electron chi connectivity index (χ2n) is 3.03. The standard InChI is InChI=1S/C9H11ClNO2S/c1-11(12)9-4-7(6-14(2)13)3-8(10)5-9/h3-5H,6H2,1-2H3/q-1. The summed E-state index contributed by atoms with van der Waals surface area (Å²) in [4.78, 5) is 0. The summed E-state index contributed by atoms with van der Waals surface area (Å²) in [5.41, 5.74) is 1.30. The third-order valence-corrected chi connectivity index (χ3v) is 2.63. The molecule has 1 aromatic carbocycles. The lowest BCUT2D eigenvalue weighted by Crippen LogP contribution is -2.06. The molecule has 1 rings (SSSR count). The van der Waals surface area contributed by atoms with Gasteiger partial charge in [0.05, 0.1) is 0 Å². The van der Waals surface area contributed by atoms with Crippen LogP contribution in [0.15, 0.2) is 18.2 Å². The SMILES string of the molecule is CN([O-])c1cc(Cl)cc(CS(C)=O)c1. The molecule has 0 aromatic heterocycles. The maximum atomic E-state index is 11.0. The average molecular weight is 233 g/mol. The van der Waals surface area contributed by atoms with E-state index in [1.54, 1.807) is 24.5 Å². The van der Waals surface area contributed by atoms with Crippen molar-refractivity contribution in [2.24, 2.45) is 0 Å². The van der Waals surface area contributed by atoms with Crippen molar-refractivity contribution < 1.29 is 4.21 Å². The molecular formula is C9H11ClNO2S-. The molecule has 0 aliphatic rings. The number of nitrogens with zero attached hydrogens (tertiary/aromatic N) is 1. The fraction of sp³-hybridized carbons (Fsp3) is 0.333. The number of benzene rings is 1. The van der Waals surface area contributed by atoms with E-state index in [1.165, 1.54) is 7.05 Å². The number of rotatable bonds is 3. The number of anilines is 1. The molecule has 0 saturated heterocycles. The van der Waals surface area contributed by atoms with Crippen molar-refractivity contribution in [1.82, 2.24) is 0 Å². The smallest absolute Gasteiger partial charge is 0.0484 e. The first-order chi connectivity index (χ1) is 6.49. The Labute approximate surface area is 90.7 Å². The molecule has 0 N–H and O–H groups in total. The molecule has 5 heteroatoms. The van der Waals surface area contributed by atoms with Crippen LogP contribution in [0.3, 0.4) is 0 Å². The van der Waals surface area contributed by atoms with E-state index in [4.69, 9.17) is 11.6 Å². The van der Waals surface area contributed by atoms with E-state index >= 15 is 0 Å². The Morgan fingerprint density at radius 3 is 2.64 bits per heavy atom. The van der Waals surface area contributed by atoms with E-state index in [-0.39, 0.29) is 0 Å². The summed E-state index contributed by atoms with van der Waals surface area (Å²) in [5, 5.41) is 12.2. The van der Waals surface area contributed by atoms with Crippen LogP contribution in [0.5, 0.6) is 0 Å². The van der Waals surface area contributed by atoms with Crippen LogP contribution in [-0.2, 0) is 16.6 Å². The quantitative estimate of drug-likeness (QED) is 0.750. The van der Waals surface area contributed by atoms with Crippen LogP contribution in [0.1, 0.15) is 5.56 Å². The Hall–Kier alpha value is -0.580. The first-order valence-corrected chi connectivity index (χ1v) is 6.10. The third-order valence-electron chi connectivity index (χ3n) is 1.68. The van der Waals surface area contributed by atoms with Gasteiger partial charge in [-0.05, 0) is 30.8 Å². The highest BCUT2D eigenvalue weighted by Crippen LogP contribution is 2.21. The van der Waals surface area contributed by atoms with Crippen LogP contribution in [0, 0.1) is 5.21 Å². The summed E-state index contributed by atoms with van der Waals surface area (Å²) in [5.74, 6) is 0.418. The highest BCUT2D eigenvalue weighted by Gasteiger charge is 2.01. The molecule has 0 radical (unpaired) electrons. The molecule has 0 amide bonds. The first-order valence-electron chi connectivity index (χ1n) is 3.99. The molecule has 0 aliphatic carbocycles. The summed E-state index contributed by atoms with van der Waals surface area (Å²) in [7, 11) is 0.476. The molecule has 14 heavy (non-hydrogen) atoms. The second kappa shape index (κ2) is 4.77. The maximum Gasteiger partial charge on any atom is 0.0484 e. The minimum absolute atomic E-state index is 0.418. The molecule has 0 spiro atoms. The summed E-state index contributed by atoms with van der Waals surface area (Å²) >= 11 is 5.81. The molecular weight excluding hydrogens is 222 g/mol. The van der Waals surface area contributed by atoms with Crippen LogP contribution in [-0.4, -0.2) is 17.5 Å². The van der Waals surface area contributed by atoms with E-state index in [1.807, 2.05) is 0 Å². The zero-order chi connectivity index (χ0) is 10.7. The summed E-state index contributed by atoms with van der Waals surface area (Å²) in [6.07, 6.45) is 1.61. The monoisotopic (exact) mass is 232 g/mol. The Kier molecular flexibility index (Phi) is 3.92. The molecule has 1 unspecified atom stereocenters. The fourth-order valence-electron chi connectivity index (χ4n) is 1.13. The molecule has 0 aliphatic heterocycles. The number of hydroxylamine groups is 1. The Morgan fingerprint density at radius 2 is 2.14 bits per heavy atom. The second-order valence-corrected chi connectivity index (χ2v) is 4.90. The molecule has 0 saturated carbocycles. The molecule has 3 nitrogen and oxygen atoms in total. The van der Waals surface area contributed by atoms with E-state index in [0.717, 1.165) is 10.6 Å². The highest BCUT2D eigenvalue weighted by molar-refractivity contribution is 7.83. The lowest BCUT2D eigenvalue weighted by Gasteiger charge is -2.25. The zero-order valence-electron chi connectivity index (χ0n) is 7.99. The van der Waals surface area contributed by atoms with Gasteiger partial charge in [-0.25, -0.2) is 0 Å². The zero-order valence-corrected chi connectivity index (χ0v) is 9.56. The van der Waals surface area contributed by atoms with Gasteiger partial charge in [0, 0.05) is 33.5 Å². The minimum atomic E-state index is -0.926. The summed E-state index contributed by atoms with van der Waals surface area (Å²) in [6.45, 7) is 0. The Balaban J connectivity index is 3.01. The molecule has 0 heterocycles. The van der Waals surface area contributed by atoms with E-state index in [2.05, 4.69) is 0 Å². The number of hydrogen-bond acceptors (Lipinski definition) is 3. The van der Waals surface area contributed by atoms with Gasteiger partial charge in [-0.1, -0.05) is 11.6 Å². The van der Waals surface area contributed by atoms with Crippen molar-refractivity contribution in [3.8, 4) is 0 Å².